The molecule has 3 aromatic rings. The van der Waals surface area contributed by atoms with Crippen molar-refractivity contribution >= 4 is 40.9 Å². The van der Waals surface area contributed by atoms with Crippen molar-refractivity contribution in [2.75, 3.05) is 5.32 Å². The van der Waals surface area contributed by atoms with Crippen LogP contribution in [-0.2, 0) is 0 Å². The van der Waals surface area contributed by atoms with Crippen molar-refractivity contribution in [3.05, 3.63) is 70.2 Å². The number of benzene rings is 2. The third kappa shape index (κ3) is 6.07. The van der Waals surface area contributed by atoms with Gasteiger partial charge in [-0.15, -0.1) is 0 Å². The molecule has 0 aliphatic carbocycles. The number of amides is 1. The van der Waals surface area contributed by atoms with Crippen LogP contribution in [0.1, 0.15) is 31.1 Å². The van der Waals surface area contributed by atoms with Crippen LogP contribution in [0, 0.1) is 0 Å². The number of carbonyl (C=O) groups excluding carboxylic acids is 1. The van der Waals surface area contributed by atoms with Gasteiger partial charge in [-0.2, -0.15) is 5.10 Å². The summed E-state index contributed by atoms with van der Waals surface area (Å²) >= 11 is 11.9. The van der Waals surface area contributed by atoms with Crippen LogP contribution < -0.4 is 10.6 Å². The summed E-state index contributed by atoms with van der Waals surface area (Å²) in [6.07, 6.45) is 0. The van der Waals surface area contributed by atoms with E-state index >= 15 is 0 Å². The fourth-order valence-electron chi connectivity index (χ4n) is 2.52. The molecule has 29 heavy (non-hydrogen) atoms. The molecule has 150 valence electrons. The lowest BCUT2D eigenvalue weighted by molar-refractivity contribution is 0.0977. The number of guanidine groups is 1. The van der Waals surface area contributed by atoms with Gasteiger partial charge in [-0.25, -0.2) is 4.99 Å². The SMILES string of the molecule is CC(C)(C)N=C(NC(=O)c1cccc(Cl)c1)Nc1cc(-c2ccc(Cl)cc2)[nH]n1. The first-order valence-corrected chi connectivity index (χ1v) is 9.70. The topological polar surface area (TPSA) is 82.2 Å². The van der Waals surface area contributed by atoms with Crippen LogP contribution in [0.25, 0.3) is 11.3 Å². The molecule has 0 atom stereocenters. The lowest BCUT2D eigenvalue weighted by atomic mass is 10.1. The van der Waals surface area contributed by atoms with Crippen molar-refractivity contribution in [3.8, 4) is 11.3 Å². The van der Waals surface area contributed by atoms with Crippen LogP contribution in [0.5, 0.6) is 0 Å². The van der Waals surface area contributed by atoms with Gasteiger partial charge in [0.1, 0.15) is 0 Å². The van der Waals surface area contributed by atoms with Crippen LogP contribution in [0.4, 0.5) is 5.82 Å². The summed E-state index contributed by atoms with van der Waals surface area (Å²) in [5.74, 6) is 0.484. The number of H-pyrrole nitrogens is 1. The maximum atomic E-state index is 12.6. The highest BCUT2D eigenvalue weighted by molar-refractivity contribution is 6.31. The summed E-state index contributed by atoms with van der Waals surface area (Å²) in [4.78, 5) is 17.2. The predicted molar refractivity (Wildman–Crippen MR) is 119 cm³/mol. The summed E-state index contributed by atoms with van der Waals surface area (Å²) in [7, 11) is 0. The zero-order valence-electron chi connectivity index (χ0n) is 16.3. The van der Waals surface area contributed by atoms with Crippen LogP contribution >= 0.6 is 23.2 Å². The van der Waals surface area contributed by atoms with E-state index in [9.17, 15) is 4.79 Å². The summed E-state index contributed by atoms with van der Waals surface area (Å²) in [6, 6.07) is 15.9. The van der Waals surface area contributed by atoms with Crippen molar-refractivity contribution in [2.24, 2.45) is 4.99 Å². The number of halogens is 2. The van der Waals surface area contributed by atoms with Gasteiger partial charge in [0.05, 0.1) is 11.2 Å². The second kappa shape index (κ2) is 8.68. The van der Waals surface area contributed by atoms with Gasteiger partial charge < -0.3 is 5.32 Å². The van der Waals surface area contributed by atoms with E-state index in [1.54, 1.807) is 24.3 Å². The number of carbonyl (C=O) groups is 1. The standard InChI is InChI=1S/C21H21Cl2N5O/c1-21(2,3)26-20(25-19(29)14-5-4-6-16(23)11-14)24-18-12-17(27-28-18)13-7-9-15(22)10-8-13/h4-12H,1-3H3,(H3,24,25,26,27,28,29). The van der Waals surface area contributed by atoms with Crippen molar-refractivity contribution in [2.45, 2.75) is 26.3 Å². The van der Waals surface area contributed by atoms with Gasteiger partial charge in [-0.3, -0.25) is 15.2 Å². The molecular weight excluding hydrogens is 409 g/mol. The molecule has 0 radical (unpaired) electrons. The zero-order valence-corrected chi connectivity index (χ0v) is 17.8. The number of aromatic nitrogens is 2. The van der Waals surface area contributed by atoms with Gasteiger partial charge in [0.2, 0.25) is 5.96 Å². The molecule has 2 aromatic carbocycles. The average molecular weight is 430 g/mol. The summed E-state index contributed by atoms with van der Waals surface area (Å²) in [5.41, 5.74) is 1.76. The molecule has 0 unspecified atom stereocenters. The fraction of sp³-hybridized carbons (Fsp3) is 0.190. The molecule has 0 saturated heterocycles. The number of aromatic amines is 1. The van der Waals surface area contributed by atoms with Crippen molar-refractivity contribution in [3.63, 3.8) is 0 Å². The van der Waals surface area contributed by atoms with Gasteiger partial charge in [-0.05, 0) is 56.7 Å². The number of hydrogen-bond acceptors (Lipinski definition) is 3. The van der Waals surface area contributed by atoms with Crippen molar-refractivity contribution < 1.29 is 4.79 Å². The summed E-state index contributed by atoms with van der Waals surface area (Å²) in [6.45, 7) is 5.80. The molecule has 0 aliphatic rings. The Labute approximate surface area is 179 Å². The lowest BCUT2D eigenvalue weighted by Crippen LogP contribution is -2.38. The molecule has 1 aromatic heterocycles. The number of hydrogen-bond donors (Lipinski definition) is 3. The second-order valence-electron chi connectivity index (χ2n) is 7.39. The van der Waals surface area contributed by atoms with E-state index in [0.29, 0.717) is 21.4 Å². The first-order chi connectivity index (χ1) is 13.7. The number of rotatable bonds is 3. The maximum absolute atomic E-state index is 12.6. The van der Waals surface area contributed by atoms with E-state index in [2.05, 4.69) is 25.8 Å². The highest BCUT2D eigenvalue weighted by Gasteiger charge is 2.15. The monoisotopic (exact) mass is 429 g/mol. The molecule has 3 rings (SSSR count). The minimum absolute atomic E-state index is 0.289. The van der Waals surface area contributed by atoms with Gasteiger partial charge in [-0.1, -0.05) is 41.4 Å². The molecule has 8 heteroatoms. The van der Waals surface area contributed by atoms with E-state index in [4.69, 9.17) is 23.2 Å². The van der Waals surface area contributed by atoms with Crippen LogP contribution in [-0.4, -0.2) is 27.6 Å². The Morgan fingerprint density at radius 3 is 2.41 bits per heavy atom. The molecule has 6 nitrogen and oxygen atoms in total. The van der Waals surface area contributed by atoms with E-state index < -0.39 is 5.54 Å². The van der Waals surface area contributed by atoms with Crippen LogP contribution in [0.3, 0.4) is 0 Å². The highest BCUT2D eigenvalue weighted by Crippen LogP contribution is 2.22. The Balaban J connectivity index is 1.80. The Bertz CT molecular complexity index is 1040. The number of aliphatic imine (C=N–C) groups is 1. The largest absolute Gasteiger partial charge is 0.309 e. The molecule has 0 aliphatic heterocycles. The first kappa shape index (κ1) is 20.9. The molecular formula is C21H21Cl2N5O. The van der Waals surface area contributed by atoms with E-state index in [-0.39, 0.29) is 11.9 Å². The van der Waals surface area contributed by atoms with Crippen molar-refractivity contribution in [1.82, 2.24) is 15.5 Å². The van der Waals surface area contributed by atoms with E-state index in [1.807, 2.05) is 51.1 Å². The maximum Gasteiger partial charge on any atom is 0.258 e. The van der Waals surface area contributed by atoms with Crippen LogP contribution in [0.2, 0.25) is 10.0 Å². The first-order valence-electron chi connectivity index (χ1n) is 8.95. The number of anilines is 1. The van der Waals surface area contributed by atoms with E-state index in [1.165, 1.54) is 0 Å². The molecule has 0 spiro atoms. The molecule has 0 saturated carbocycles. The Morgan fingerprint density at radius 1 is 1.03 bits per heavy atom. The number of nitrogens with zero attached hydrogens (tertiary/aromatic N) is 2. The highest BCUT2D eigenvalue weighted by atomic mass is 35.5. The third-order valence-corrected chi connectivity index (χ3v) is 4.23. The Hall–Kier alpha value is -2.83. The smallest absolute Gasteiger partial charge is 0.258 e. The third-order valence-electron chi connectivity index (χ3n) is 3.75. The van der Waals surface area contributed by atoms with Gasteiger partial charge in [0, 0.05) is 21.7 Å². The molecule has 1 heterocycles. The fourth-order valence-corrected chi connectivity index (χ4v) is 2.83. The Morgan fingerprint density at radius 2 is 1.76 bits per heavy atom. The van der Waals surface area contributed by atoms with Gasteiger partial charge in [0.25, 0.3) is 5.91 Å². The van der Waals surface area contributed by atoms with Gasteiger partial charge >= 0.3 is 0 Å². The lowest BCUT2D eigenvalue weighted by Gasteiger charge is -2.17. The average Bonchev–Trinajstić information content (AvgIpc) is 3.09. The Kier molecular flexibility index (Phi) is 6.25. The molecule has 0 fully saturated rings. The van der Waals surface area contributed by atoms with Gasteiger partial charge in [0.15, 0.2) is 5.82 Å². The van der Waals surface area contributed by atoms with E-state index in [0.717, 1.165) is 11.3 Å². The summed E-state index contributed by atoms with van der Waals surface area (Å²) < 4.78 is 0. The predicted octanol–water partition coefficient (Wildman–Crippen LogP) is 5.38. The quantitative estimate of drug-likeness (QED) is 0.386. The molecule has 0 bridgehead atoms. The zero-order chi connectivity index (χ0) is 21.0. The molecule has 1 amide bonds. The number of nitrogens with one attached hydrogen (secondary N) is 3. The summed E-state index contributed by atoms with van der Waals surface area (Å²) in [5, 5.41) is 14.2. The van der Waals surface area contributed by atoms with Crippen molar-refractivity contribution in [1.29, 1.82) is 0 Å². The van der Waals surface area contributed by atoms with Crippen LogP contribution in [0.15, 0.2) is 59.6 Å². The second-order valence-corrected chi connectivity index (χ2v) is 8.27. The minimum Gasteiger partial charge on any atom is -0.309 e. The normalized spacial score (nSPS) is 12.0. The minimum atomic E-state index is -0.417. The molecule has 3 N–H and O–H groups in total.